The van der Waals surface area contributed by atoms with Gasteiger partial charge in [0.2, 0.25) is 10.0 Å². The Bertz CT molecular complexity index is 759. The summed E-state index contributed by atoms with van der Waals surface area (Å²) in [6, 6.07) is 3.82. The molecule has 1 aromatic rings. The summed E-state index contributed by atoms with van der Waals surface area (Å²) in [7, 11) is -5.69. The van der Waals surface area contributed by atoms with Crippen molar-refractivity contribution in [3.8, 4) is 0 Å². The van der Waals surface area contributed by atoms with E-state index in [1.54, 1.807) is 0 Å². The van der Waals surface area contributed by atoms with Crippen LogP contribution < -0.4 is 5.14 Å². The Hall–Kier alpha value is -0.970. The highest BCUT2D eigenvalue weighted by molar-refractivity contribution is 9.10. The van der Waals surface area contributed by atoms with Crippen LogP contribution in [0.1, 0.15) is 10.4 Å². The Morgan fingerprint density at radius 3 is 2.33 bits per heavy atom. The van der Waals surface area contributed by atoms with Gasteiger partial charge in [-0.2, -0.15) is 0 Å². The molecular formula is C11H15BrN2O5S2. The third kappa shape index (κ3) is 5.38. The lowest BCUT2D eigenvalue weighted by Gasteiger charge is -2.17. The number of carbonyl (C=O) groups is 1. The molecule has 1 aromatic carbocycles. The van der Waals surface area contributed by atoms with E-state index in [9.17, 15) is 21.6 Å². The van der Waals surface area contributed by atoms with Gasteiger partial charge in [0.1, 0.15) is 9.84 Å². The number of rotatable bonds is 5. The molecule has 0 radical (unpaired) electrons. The van der Waals surface area contributed by atoms with Crippen LogP contribution in [0.4, 0.5) is 0 Å². The molecule has 0 aliphatic heterocycles. The van der Waals surface area contributed by atoms with E-state index in [0.717, 1.165) is 12.3 Å². The van der Waals surface area contributed by atoms with Crippen molar-refractivity contribution < 1.29 is 21.6 Å². The number of amides is 1. The van der Waals surface area contributed by atoms with Gasteiger partial charge in [0, 0.05) is 24.3 Å². The van der Waals surface area contributed by atoms with Crippen LogP contribution in [0.5, 0.6) is 0 Å². The Kier molecular flexibility index (Phi) is 5.53. The number of sulfonamides is 1. The maximum absolute atomic E-state index is 12.2. The maximum atomic E-state index is 12.2. The first-order valence-corrected chi connectivity index (χ1v) is 10.1. The van der Waals surface area contributed by atoms with E-state index in [1.807, 2.05) is 0 Å². The zero-order chi connectivity index (χ0) is 16.4. The van der Waals surface area contributed by atoms with Crippen molar-refractivity contribution in [2.45, 2.75) is 4.90 Å². The van der Waals surface area contributed by atoms with Gasteiger partial charge < -0.3 is 4.90 Å². The summed E-state index contributed by atoms with van der Waals surface area (Å²) in [4.78, 5) is 13.2. The number of nitrogens with two attached hydrogens (primary N) is 1. The Morgan fingerprint density at radius 2 is 1.86 bits per heavy atom. The summed E-state index contributed by atoms with van der Waals surface area (Å²) in [6.07, 6.45) is 1.07. The molecule has 0 fully saturated rings. The number of primary sulfonamides is 1. The molecule has 0 heterocycles. The zero-order valence-corrected chi connectivity index (χ0v) is 14.6. The van der Waals surface area contributed by atoms with Crippen molar-refractivity contribution in [1.82, 2.24) is 4.90 Å². The molecule has 0 saturated carbocycles. The fourth-order valence-corrected chi connectivity index (χ4v) is 3.02. The summed E-state index contributed by atoms with van der Waals surface area (Å²) in [5.41, 5.74) is 0.0949. The van der Waals surface area contributed by atoms with Gasteiger partial charge in [-0.15, -0.1) is 0 Å². The molecule has 0 aliphatic carbocycles. The first kappa shape index (κ1) is 18.1. The van der Waals surface area contributed by atoms with E-state index < -0.39 is 25.8 Å². The summed E-state index contributed by atoms with van der Waals surface area (Å²) in [5.74, 6) is -0.683. The smallest absolute Gasteiger partial charge is 0.254 e. The molecule has 0 unspecified atom stereocenters. The average Bonchev–Trinajstić information content (AvgIpc) is 2.33. The predicted octanol–water partition coefficient (Wildman–Crippen LogP) is 0.213. The quantitative estimate of drug-likeness (QED) is 0.761. The minimum Gasteiger partial charge on any atom is -0.341 e. The Labute approximate surface area is 132 Å². The summed E-state index contributed by atoms with van der Waals surface area (Å²) < 4.78 is 45.2. The zero-order valence-electron chi connectivity index (χ0n) is 11.4. The second kappa shape index (κ2) is 6.42. The van der Waals surface area contributed by atoms with Crippen molar-refractivity contribution in [3.63, 3.8) is 0 Å². The van der Waals surface area contributed by atoms with Gasteiger partial charge in [-0.25, -0.2) is 22.0 Å². The second-order valence-electron chi connectivity index (χ2n) is 4.54. The molecule has 1 rings (SSSR count). The van der Waals surface area contributed by atoms with Crippen molar-refractivity contribution in [1.29, 1.82) is 0 Å². The molecule has 0 aromatic heterocycles. The number of hydrogen-bond donors (Lipinski definition) is 1. The fraction of sp³-hybridized carbons (Fsp3) is 0.364. The van der Waals surface area contributed by atoms with Gasteiger partial charge in [0.05, 0.1) is 16.2 Å². The van der Waals surface area contributed by atoms with E-state index in [2.05, 4.69) is 15.9 Å². The van der Waals surface area contributed by atoms with E-state index in [1.165, 1.54) is 24.1 Å². The van der Waals surface area contributed by atoms with Crippen molar-refractivity contribution in [2.75, 3.05) is 25.6 Å². The highest BCUT2D eigenvalue weighted by Crippen LogP contribution is 2.21. The highest BCUT2D eigenvalue weighted by Gasteiger charge is 2.19. The normalized spacial score (nSPS) is 12.2. The molecule has 2 N–H and O–H groups in total. The van der Waals surface area contributed by atoms with Gasteiger partial charge in [-0.3, -0.25) is 4.79 Å². The standard InChI is InChI=1S/C11H15BrN2O5S2/c1-14(5-6-20(2,16)17)11(15)9-7-8(21(13,18)19)3-4-10(9)12/h3-4,7H,5-6H2,1-2H3,(H2,13,18,19). The minimum atomic E-state index is -3.92. The van der Waals surface area contributed by atoms with Crippen LogP contribution in [0.2, 0.25) is 0 Å². The number of nitrogens with zero attached hydrogens (tertiary/aromatic N) is 1. The molecule has 10 heteroatoms. The first-order chi connectivity index (χ1) is 9.42. The summed E-state index contributed by atoms with van der Waals surface area (Å²) in [6.45, 7) is 0.00368. The average molecular weight is 399 g/mol. The maximum Gasteiger partial charge on any atom is 0.254 e. The largest absolute Gasteiger partial charge is 0.341 e. The Morgan fingerprint density at radius 1 is 1.29 bits per heavy atom. The number of halogens is 1. The molecule has 21 heavy (non-hydrogen) atoms. The van der Waals surface area contributed by atoms with Crippen LogP contribution in [-0.2, 0) is 19.9 Å². The first-order valence-electron chi connectivity index (χ1n) is 5.67. The fourth-order valence-electron chi connectivity index (χ4n) is 1.46. The SMILES string of the molecule is CN(CCS(C)(=O)=O)C(=O)c1cc(S(N)(=O)=O)ccc1Br. The van der Waals surface area contributed by atoms with E-state index >= 15 is 0 Å². The van der Waals surface area contributed by atoms with Crippen molar-refractivity contribution >= 4 is 41.7 Å². The van der Waals surface area contributed by atoms with Crippen molar-refractivity contribution in [3.05, 3.63) is 28.2 Å². The van der Waals surface area contributed by atoms with Crippen LogP contribution in [0.15, 0.2) is 27.6 Å². The third-order valence-electron chi connectivity index (χ3n) is 2.64. The molecule has 0 saturated heterocycles. The highest BCUT2D eigenvalue weighted by atomic mass is 79.9. The molecular weight excluding hydrogens is 384 g/mol. The van der Waals surface area contributed by atoms with Crippen LogP contribution >= 0.6 is 15.9 Å². The van der Waals surface area contributed by atoms with Gasteiger partial charge >= 0.3 is 0 Å². The molecule has 0 aliphatic rings. The number of carbonyl (C=O) groups excluding carboxylic acids is 1. The second-order valence-corrected chi connectivity index (χ2v) is 9.22. The van der Waals surface area contributed by atoms with Crippen LogP contribution in [0.25, 0.3) is 0 Å². The lowest BCUT2D eigenvalue weighted by atomic mass is 10.2. The lowest BCUT2D eigenvalue weighted by Crippen LogP contribution is -2.31. The Balaban J connectivity index is 3.07. The van der Waals surface area contributed by atoms with Crippen LogP contribution in [-0.4, -0.2) is 53.2 Å². The van der Waals surface area contributed by atoms with Gasteiger partial charge in [0.15, 0.2) is 0 Å². The van der Waals surface area contributed by atoms with Gasteiger partial charge in [-0.1, -0.05) is 0 Å². The monoisotopic (exact) mass is 398 g/mol. The van der Waals surface area contributed by atoms with Crippen molar-refractivity contribution in [2.24, 2.45) is 5.14 Å². The van der Waals surface area contributed by atoms with Crippen LogP contribution in [0, 0.1) is 0 Å². The summed E-state index contributed by atoms with van der Waals surface area (Å²) in [5, 5.41) is 5.02. The molecule has 118 valence electrons. The number of sulfone groups is 1. The third-order valence-corrected chi connectivity index (χ3v) is 5.17. The molecule has 0 spiro atoms. The predicted molar refractivity (Wildman–Crippen MR) is 82.2 cm³/mol. The number of benzene rings is 1. The summed E-state index contributed by atoms with van der Waals surface area (Å²) >= 11 is 3.16. The minimum absolute atomic E-state index is 0.00368. The number of hydrogen-bond acceptors (Lipinski definition) is 5. The lowest BCUT2D eigenvalue weighted by molar-refractivity contribution is 0.0802. The molecule has 0 atom stereocenters. The van der Waals surface area contributed by atoms with Crippen LogP contribution in [0.3, 0.4) is 0 Å². The molecule has 1 amide bonds. The van der Waals surface area contributed by atoms with Gasteiger partial charge in [-0.05, 0) is 34.1 Å². The molecule has 0 bridgehead atoms. The van der Waals surface area contributed by atoms with E-state index in [0.29, 0.717) is 4.47 Å². The van der Waals surface area contributed by atoms with E-state index in [-0.39, 0.29) is 22.8 Å². The topological polar surface area (TPSA) is 115 Å². The molecule has 7 nitrogen and oxygen atoms in total. The van der Waals surface area contributed by atoms with E-state index in [4.69, 9.17) is 5.14 Å². The van der Waals surface area contributed by atoms with Gasteiger partial charge in [0.25, 0.3) is 5.91 Å².